The number of sulfonamides is 1. The normalized spacial score (nSPS) is 19.9. The molecule has 1 fully saturated rings. The minimum absolute atomic E-state index is 0. The molecule has 110 valence electrons. The van der Waals surface area contributed by atoms with Crippen molar-refractivity contribution in [3.8, 4) is 0 Å². The van der Waals surface area contributed by atoms with E-state index in [0.29, 0.717) is 16.7 Å². The Morgan fingerprint density at radius 2 is 2.26 bits per heavy atom. The molecule has 0 radical (unpaired) electrons. The average molecular weight is 390 g/mol. The topological polar surface area (TPSA) is 58.2 Å². The van der Waals surface area contributed by atoms with Crippen LogP contribution in [0, 0.1) is 5.92 Å². The van der Waals surface area contributed by atoms with Gasteiger partial charge in [-0.25, -0.2) is 13.1 Å². The predicted molar refractivity (Wildman–Crippen MR) is 84.7 cm³/mol. The van der Waals surface area contributed by atoms with Crippen molar-refractivity contribution in [3.63, 3.8) is 0 Å². The largest absolute Gasteiger partial charge is 0.316 e. The van der Waals surface area contributed by atoms with E-state index in [1.807, 2.05) is 0 Å². The van der Waals surface area contributed by atoms with Gasteiger partial charge in [-0.2, -0.15) is 0 Å². The van der Waals surface area contributed by atoms with Crippen molar-refractivity contribution < 1.29 is 8.42 Å². The first-order valence-electron chi connectivity index (χ1n) is 6.03. The second-order valence-corrected chi connectivity index (χ2v) is 8.91. The highest BCUT2D eigenvalue weighted by Crippen LogP contribution is 2.25. The maximum absolute atomic E-state index is 12.0. The molecule has 0 bridgehead atoms. The summed E-state index contributed by atoms with van der Waals surface area (Å²) in [4.78, 5) is 0. The molecule has 2 heterocycles. The summed E-state index contributed by atoms with van der Waals surface area (Å²) < 4.78 is 27.8. The van der Waals surface area contributed by atoms with Crippen molar-refractivity contribution in [2.75, 3.05) is 19.6 Å². The maximum atomic E-state index is 12.0. The Morgan fingerprint density at radius 3 is 2.84 bits per heavy atom. The number of halogens is 2. The molecule has 1 saturated heterocycles. The summed E-state index contributed by atoms with van der Waals surface area (Å²) in [7, 11) is -3.32. The zero-order chi connectivity index (χ0) is 13.0. The molecule has 0 aliphatic carbocycles. The minimum atomic E-state index is -3.32. The Morgan fingerprint density at radius 1 is 1.47 bits per heavy atom. The van der Waals surface area contributed by atoms with Gasteiger partial charge in [-0.3, -0.25) is 0 Å². The van der Waals surface area contributed by atoms with E-state index in [4.69, 9.17) is 0 Å². The van der Waals surface area contributed by atoms with E-state index in [1.165, 1.54) is 24.2 Å². The van der Waals surface area contributed by atoms with E-state index in [0.717, 1.165) is 23.3 Å². The number of rotatable bonds is 5. The highest BCUT2D eigenvalue weighted by molar-refractivity contribution is 9.11. The van der Waals surface area contributed by atoms with E-state index < -0.39 is 10.0 Å². The zero-order valence-corrected chi connectivity index (χ0v) is 14.4. The number of hydrogen-bond acceptors (Lipinski definition) is 4. The molecule has 1 aliphatic heterocycles. The standard InChI is InChI=1S/C11H17BrN2O2S2.ClH/c12-10-3-4-11(17-10)18(15,16)14-7-5-9-2-1-6-13-8-9;/h3-4,9,13-14H,1-2,5-8H2;1H. The number of thiophene rings is 1. The van der Waals surface area contributed by atoms with Crippen LogP contribution in [0.1, 0.15) is 19.3 Å². The molecule has 19 heavy (non-hydrogen) atoms. The quantitative estimate of drug-likeness (QED) is 0.814. The summed E-state index contributed by atoms with van der Waals surface area (Å²) in [6.07, 6.45) is 3.29. The lowest BCUT2D eigenvalue weighted by Gasteiger charge is -2.22. The Balaban J connectivity index is 0.00000180. The SMILES string of the molecule is Cl.O=S(=O)(NCCC1CCCNC1)c1ccc(Br)s1. The highest BCUT2D eigenvalue weighted by atomic mass is 79.9. The lowest BCUT2D eigenvalue weighted by molar-refractivity contribution is 0.358. The highest BCUT2D eigenvalue weighted by Gasteiger charge is 2.18. The van der Waals surface area contributed by atoms with Gasteiger partial charge >= 0.3 is 0 Å². The average Bonchev–Trinajstić information content (AvgIpc) is 2.78. The van der Waals surface area contributed by atoms with Gasteiger partial charge in [0.15, 0.2) is 0 Å². The summed E-state index contributed by atoms with van der Waals surface area (Å²) in [5.74, 6) is 0.594. The lowest BCUT2D eigenvalue weighted by atomic mass is 9.96. The van der Waals surface area contributed by atoms with Gasteiger partial charge in [-0.1, -0.05) is 0 Å². The summed E-state index contributed by atoms with van der Waals surface area (Å²) in [6, 6.07) is 3.38. The van der Waals surface area contributed by atoms with Crippen molar-refractivity contribution in [3.05, 3.63) is 15.9 Å². The molecular weight excluding hydrogens is 372 g/mol. The molecule has 1 atom stereocenters. The number of nitrogens with one attached hydrogen (secondary N) is 2. The molecule has 0 spiro atoms. The first-order chi connectivity index (χ1) is 8.58. The van der Waals surface area contributed by atoms with Crippen LogP contribution in [0.5, 0.6) is 0 Å². The number of hydrogen-bond donors (Lipinski definition) is 2. The molecule has 2 rings (SSSR count). The first kappa shape index (κ1) is 17.4. The van der Waals surface area contributed by atoms with Crippen LogP contribution in [0.25, 0.3) is 0 Å². The van der Waals surface area contributed by atoms with Gasteiger partial charge in [-0.15, -0.1) is 23.7 Å². The van der Waals surface area contributed by atoms with E-state index in [2.05, 4.69) is 26.0 Å². The van der Waals surface area contributed by atoms with Gasteiger partial charge in [0.2, 0.25) is 10.0 Å². The predicted octanol–water partition coefficient (Wildman–Crippen LogP) is 2.60. The van der Waals surface area contributed by atoms with Crippen LogP contribution in [0.3, 0.4) is 0 Å². The van der Waals surface area contributed by atoms with Crippen LogP contribution in [-0.4, -0.2) is 28.1 Å². The van der Waals surface area contributed by atoms with Crippen LogP contribution in [-0.2, 0) is 10.0 Å². The van der Waals surface area contributed by atoms with E-state index in [9.17, 15) is 8.42 Å². The van der Waals surface area contributed by atoms with Crippen molar-refractivity contribution in [1.29, 1.82) is 0 Å². The summed E-state index contributed by atoms with van der Waals surface area (Å²) in [6.45, 7) is 2.61. The third-order valence-corrected chi connectivity index (χ3v) is 6.63. The maximum Gasteiger partial charge on any atom is 0.250 e. The van der Waals surface area contributed by atoms with E-state index >= 15 is 0 Å². The smallest absolute Gasteiger partial charge is 0.250 e. The van der Waals surface area contributed by atoms with Gasteiger partial charge < -0.3 is 5.32 Å². The Hall–Kier alpha value is 0.340. The molecule has 1 aromatic rings. The fourth-order valence-electron chi connectivity index (χ4n) is 2.08. The van der Waals surface area contributed by atoms with Gasteiger partial charge in [0.1, 0.15) is 4.21 Å². The third-order valence-electron chi connectivity index (χ3n) is 3.06. The van der Waals surface area contributed by atoms with Gasteiger partial charge in [0, 0.05) is 6.54 Å². The lowest BCUT2D eigenvalue weighted by Crippen LogP contribution is -2.33. The minimum Gasteiger partial charge on any atom is -0.316 e. The van der Waals surface area contributed by atoms with E-state index in [1.54, 1.807) is 12.1 Å². The zero-order valence-electron chi connectivity index (χ0n) is 10.4. The molecule has 8 heteroatoms. The van der Waals surface area contributed by atoms with Crippen molar-refractivity contribution in [1.82, 2.24) is 10.0 Å². The second kappa shape index (κ2) is 7.95. The fourth-order valence-corrected chi connectivity index (χ4v) is 5.18. The van der Waals surface area contributed by atoms with Crippen molar-refractivity contribution in [2.45, 2.75) is 23.5 Å². The third kappa shape index (κ3) is 5.32. The van der Waals surface area contributed by atoms with Gasteiger partial charge in [0.05, 0.1) is 3.79 Å². The molecule has 0 saturated carbocycles. The van der Waals surface area contributed by atoms with Crippen LogP contribution in [0.15, 0.2) is 20.1 Å². The number of piperidine rings is 1. The van der Waals surface area contributed by atoms with Crippen LogP contribution in [0.4, 0.5) is 0 Å². The summed E-state index contributed by atoms with van der Waals surface area (Å²) >= 11 is 4.51. The van der Waals surface area contributed by atoms with Crippen molar-refractivity contribution in [2.24, 2.45) is 5.92 Å². The van der Waals surface area contributed by atoms with Crippen LogP contribution >= 0.6 is 39.7 Å². The molecule has 1 unspecified atom stereocenters. The molecule has 4 nitrogen and oxygen atoms in total. The molecule has 1 aromatic heterocycles. The first-order valence-corrected chi connectivity index (χ1v) is 9.13. The Bertz CT molecular complexity index is 487. The Kier molecular flexibility index (Phi) is 7.28. The van der Waals surface area contributed by atoms with Crippen LogP contribution in [0.2, 0.25) is 0 Å². The van der Waals surface area contributed by atoms with Crippen LogP contribution < -0.4 is 10.0 Å². The summed E-state index contributed by atoms with van der Waals surface area (Å²) in [5.41, 5.74) is 0. The van der Waals surface area contributed by atoms with Gasteiger partial charge in [0.25, 0.3) is 0 Å². The van der Waals surface area contributed by atoms with Crippen molar-refractivity contribution >= 4 is 49.7 Å². The fraction of sp³-hybridized carbons (Fsp3) is 0.636. The molecule has 2 N–H and O–H groups in total. The molecular formula is C11H18BrClN2O2S2. The molecule has 0 amide bonds. The monoisotopic (exact) mass is 388 g/mol. The Labute approximate surface area is 133 Å². The van der Waals surface area contributed by atoms with E-state index in [-0.39, 0.29) is 12.4 Å². The summed E-state index contributed by atoms with van der Waals surface area (Å²) in [5, 5.41) is 3.34. The molecule has 1 aliphatic rings. The second-order valence-electron chi connectivity index (χ2n) is 4.46. The molecule has 0 aromatic carbocycles. The van der Waals surface area contributed by atoms with Gasteiger partial charge in [-0.05, 0) is 66.3 Å².